The molecule has 1 fully saturated rings. The summed E-state index contributed by atoms with van der Waals surface area (Å²) < 4.78 is 0. The Morgan fingerprint density at radius 1 is 1.12 bits per heavy atom. The third kappa shape index (κ3) is 4.42. The Hall–Kier alpha value is -4.00. The maximum absolute atomic E-state index is 14.0. The van der Waals surface area contributed by atoms with E-state index in [0.29, 0.717) is 5.56 Å². The zero-order chi connectivity index (χ0) is 30.9. The van der Waals surface area contributed by atoms with Crippen LogP contribution in [0.4, 0.5) is 0 Å². The first-order valence-corrected chi connectivity index (χ1v) is 13.0. The van der Waals surface area contributed by atoms with Crippen molar-refractivity contribution in [1.82, 2.24) is 10.2 Å². The average molecular weight is 570 g/mol. The second-order valence-electron chi connectivity index (χ2n) is 12.1. The third-order valence-electron chi connectivity index (χ3n) is 8.07. The molecule has 3 aliphatic rings. The van der Waals surface area contributed by atoms with Crippen molar-refractivity contribution in [3.63, 3.8) is 0 Å². The molecule has 1 saturated carbocycles. The third-order valence-corrected chi connectivity index (χ3v) is 8.07. The molecule has 0 bridgehead atoms. The minimum absolute atomic E-state index is 0.140. The minimum atomic E-state index is -2.98. The molecular formula is C29H35N3O9. The number of carbonyl (C=O) groups is 4. The summed E-state index contributed by atoms with van der Waals surface area (Å²) in [5.74, 6) is -10.0. The molecule has 0 aromatic heterocycles. The van der Waals surface area contributed by atoms with Crippen molar-refractivity contribution >= 4 is 35.2 Å². The first-order valence-electron chi connectivity index (χ1n) is 13.0. The minimum Gasteiger partial charge on any atom is -0.508 e. The van der Waals surface area contributed by atoms with Crippen LogP contribution >= 0.6 is 0 Å². The number of aliphatic hydroxyl groups is 4. The largest absolute Gasteiger partial charge is 0.508 e. The molecule has 0 saturated heterocycles. The quantitative estimate of drug-likeness (QED) is 0.196. The lowest BCUT2D eigenvalue weighted by atomic mass is 9.54. The number of aromatic hydroxyl groups is 1. The zero-order valence-corrected chi connectivity index (χ0v) is 23.6. The van der Waals surface area contributed by atoms with E-state index in [1.807, 2.05) is 0 Å². The molecule has 4 rings (SSSR count). The van der Waals surface area contributed by atoms with E-state index in [1.54, 1.807) is 33.8 Å². The number of primary amides is 1. The smallest absolute Gasteiger partial charge is 0.255 e. The fourth-order valence-electron chi connectivity index (χ4n) is 6.34. The SMILES string of the molecule is C[C@H]1c2ccc(/C=C\C(=O)NC(C)(C)C)c(O)c2C(O)=C2C(=O)[C@]3(O)C(O)=C(C(N)=O)C(=O)[C@@H](N(C)C)C3[C@@H](O)C21. The van der Waals surface area contributed by atoms with Gasteiger partial charge in [-0.15, -0.1) is 0 Å². The monoisotopic (exact) mass is 569 g/mol. The number of nitrogens with one attached hydrogen (secondary N) is 1. The van der Waals surface area contributed by atoms with Crippen LogP contribution in [0.1, 0.15) is 50.3 Å². The number of nitrogens with zero attached hydrogens (tertiary/aromatic N) is 1. The number of Topliss-reactive ketones (excluding diaryl/α,β-unsaturated/α-hetero) is 2. The van der Waals surface area contributed by atoms with Gasteiger partial charge in [-0.2, -0.15) is 0 Å². The van der Waals surface area contributed by atoms with Gasteiger partial charge in [-0.1, -0.05) is 19.1 Å². The number of phenols is 1. The molecule has 12 nitrogen and oxygen atoms in total. The molecule has 41 heavy (non-hydrogen) atoms. The number of nitrogens with two attached hydrogens (primary N) is 1. The number of aliphatic hydroxyl groups excluding tert-OH is 3. The lowest BCUT2D eigenvalue weighted by Gasteiger charge is -2.53. The van der Waals surface area contributed by atoms with Gasteiger partial charge in [-0.25, -0.2) is 0 Å². The predicted octanol–water partition coefficient (Wildman–Crippen LogP) is 0.424. The van der Waals surface area contributed by atoms with Crippen molar-refractivity contribution in [1.29, 1.82) is 0 Å². The van der Waals surface area contributed by atoms with Gasteiger partial charge in [0, 0.05) is 28.7 Å². The molecule has 0 radical (unpaired) electrons. The fraction of sp³-hybridized carbons (Fsp3) is 0.448. The summed E-state index contributed by atoms with van der Waals surface area (Å²) in [4.78, 5) is 52.9. The number of carbonyl (C=O) groups excluding carboxylic acids is 4. The Morgan fingerprint density at radius 3 is 2.27 bits per heavy atom. The van der Waals surface area contributed by atoms with Crippen LogP contribution in [0.2, 0.25) is 0 Å². The van der Waals surface area contributed by atoms with E-state index in [9.17, 15) is 44.7 Å². The molecule has 2 unspecified atom stereocenters. The molecule has 0 spiro atoms. The number of likely N-dealkylation sites (N-methyl/N-ethyl adjacent to an activating group) is 1. The molecule has 0 heterocycles. The maximum atomic E-state index is 14.0. The van der Waals surface area contributed by atoms with Gasteiger partial charge in [0.25, 0.3) is 5.91 Å². The second-order valence-corrected chi connectivity index (χ2v) is 12.1. The Balaban J connectivity index is 1.92. The normalized spacial score (nSPS) is 29.9. The highest BCUT2D eigenvalue weighted by Gasteiger charge is 2.68. The summed E-state index contributed by atoms with van der Waals surface area (Å²) in [5, 5.41) is 59.6. The molecule has 8 N–H and O–H groups in total. The van der Waals surface area contributed by atoms with Crippen LogP contribution in [0.25, 0.3) is 11.8 Å². The van der Waals surface area contributed by atoms with Gasteiger partial charge in [0.1, 0.15) is 22.8 Å². The molecule has 3 aliphatic carbocycles. The average Bonchev–Trinajstić information content (AvgIpc) is 2.84. The van der Waals surface area contributed by atoms with E-state index in [1.165, 1.54) is 37.2 Å². The van der Waals surface area contributed by atoms with Crippen molar-refractivity contribution in [2.75, 3.05) is 14.1 Å². The molecule has 0 aliphatic heterocycles. The number of rotatable bonds is 4. The Kier molecular flexibility index (Phi) is 7.18. The van der Waals surface area contributed by atoms with Crippen LogP contribution in [0.3, 0.4) is 0 Å². The van der Waals surface area contributed by atoms with Crippen molar-refractivity contribution in [2.45, 2.75) is 56.9 Å². The number of hydrogen-bond acceptors (Lipinski definition) is 10. The highest BCUT2D eigenvalue weighted by Crippen LogP contribution is 2.56. The number of amides is 2. The van der Waals surface area contributed by atoms with Crippen molar-refractivity contribution in [3.8, 4) is 5.75 Å². The van der Waals surface area contributed by atoms with Gasteiger partial charge in [0.05, 0.1) is 23.6 Å². The highest BCUT2D eigenvalue weighted by molar-refractivity contribution is 6.24. The van der Waals surface area contributed by atoms with Crippen LogP contribution in [0.5, 0.6) is 5.75 Å². The lowest BCUT2D eigenvalue weighted by Crippen LogP contribution is -2.70. The molecule has 6 atom stereocenters. The van der Waals surface area contributed by atoms with Gasteiger partial charge in [0.2, 0.25) is 11.7 Å². The Bertz CT molecular complexity index is 1470. The van der Waals surface area contributed by atoms with Gasteiger partial charge in [-0.3, -0.25) is 24.1 Å². The summed E-state index contributed by atoms with van der Waals surface area (Å²) in [6.45, 7) is 7.04. The Morgan fingerprint density at radius 2 is 1.73 bits per heavy atom. The molecular weight excluding hydrogens is 534 g/mol. The van der Waals surface area contributed by atoms with Crippen molar-refractivity contribution < 1.29 is 44.7 Å². The van der Waals surface area contributed by atoms with Crippen molar-refractivity contribution in [3.05, 3.63) is 51.8 Å². The molecule has 2 amide bonds. The number of benzene rings is 1. The topological polar surface area (TPSA) is 211 Å². The van der Waals surface area contributed by atoms with Gasteiger partial charge >= 0.3 is 0 Å². The van der Waals surface area contributed by atoms with E-state index < -0.39 is 92.8 Å². The molecule has 1 aromatic carbocycles. The first-order chi connectivity index (χ1) is 18.9. The van der Waals surface area contributed by atoms with Crippen LogP contribution in [0.15, 0.2) is 35.1 Å². The summed E-state index contributed by atoms with van der Waals surface area (Å²) >= 11 is 0. The van der Waals surface area contributed by atoms with E-state index in [4.69, 9.17) is 5.73 Å². The summed E-state index contributed by atoms with van der Waals surface area (Å²) in [6.07, 6.45) is 0.853. The van der Waals surface area contributed by atoms with Crippen LogP contribution in [0, 0.1) is 11.8 Å². The van der Waals surface area contributed by atoms with Gasteiger partial charge in [0.15, 0.2) is 11.4 Å². The Labute approximate surface area is 236 Å². The number of hydrogen-bond donors (Lipinski definition) is 7. The van der Waals surface area contributed by atoms with Crippen LogP contribution < -0.4 is 11.1 Å². The number of phenolic OH excluding ortho intramolecular Hbond substituents is 1. The zero-order valence-electron chi connectivity index (χ0n) is 23.6. The van der Waals surface area contributed by atoms with Crippen LogP contribution in [-0.4, -0.2) is 91.2 Å². The fourth-order valence-corrected chi connectivity index (χ4v) is 6.34. The summed E-state index contributed by atoms with van der Waals surface area (Å²) in [5.41, 5.74) is 0.725. The summed E-state index contributed by atoms with van der Waals surface area (Å²) in [7, 11) is 2.89. The van der Waals surface area contributed by atoms with Gasteiger partial charge in [-0.05, 0) is 52.4 Å². The standard InChI is InChI=1S/C29H35N3O9/c1-11-13-9-7-12(8-10-14(33)31-28(2,3)4)21(34)16(13)22(35)17-15(11)23(36)19-20(32(5)6)24(37)18(27(30)40)26(39)29(19,41)25(17)38/h7-11,15,19-20,23,34-36,39,41H,1-6H3,(H2,30,40)(H,31,33)/b10-8-/t11-,15?,19?,20-,23-,29-/m0/s1. The summed E-state index contributed by atoms with van der Waals surface area (Å²) in [6, 6.07) is 1.66. The first kappa shape index (κ1) is 30.0. The van der Waals surface area contributed by atoms with Crippen molar-refractivity contribution in [2.24, 2.45) is 17.6 Å². The molecule has 12 heteroatoms. The molecule has 1 aromatic rings. The number of ketones is 2. The van der Waals surface area contributed by atoms with E-state index in [-0.39, 0.29) is 11.1 Å². The van der Waals surface area contributed by atoms with E-state index >= 15 is 0 Å². The van der Waals surface area contributed by atoms with E-state index in [2.05, 4.69) is 5.32 Å². The lowest BCUT2D eigenvalue weighted by molar-refractivity contribution is -0.169. The van der Waals surface area contributed by atoms with Gasteiger partial charge < -0.3 is 36.6 Å². The van der Waals surface area contributed by atoms with E-state index in [0.717, 1.165) is 0 Å². The highest BCUT2D eigenvalue weighted by atomic mass is 16.4. The predicted molar refractivity (Wildman–Crippen MR) is 147 cm³/mol. The maximum Gasteiger partial charge on any atom is 0.255 e. The van der Waals surface area contributed by atoms with Crippen LogP contribution in [-0.2, 0) is 19.2 Å². The molecule has 220 valence electrons. The number of fused-ring (bicyclic) bond motifs is 3. The second kappa shape index (κ2) is 9.82.